The van der Waals surface area contributed by atoms with Crippen molar-refractivity contribution in [1.29, 1.82) is 0 Å². The number of benzene rings is 1. The van der Waals surface area contributed by atoms with Crippen molar-refractivity contribution < 1.29 is 23.9 Å². The number of methoxy groups -OCH3 is 2. The van der Waals surface area contributed by atoms with E-state index < -0.39 is 17.4 Å². The molecule has 1 aromatic rings. The van der Waals surface area contributed by atoms with E-state index in [1.807, 2.05) is 32.0 Å². The van der Waals surface area contributed by atoms with Gasteiger partial charge in [-0.2, -0.15) is 0 Å². The molecular weight excluding hydrogens is 320 g/mol. The van der Waals surface area contributed by atoms with Crippen LogP contribution in [0.1, 0.15) is 43.5 Å². The van der Waals surface area contributed by atoms with Crippen LogP contribution in [0.2, 0.25) is 0 Å². The molecular formula is C20H24O5. The van der Waals surface area contributed by atoms with Crippen LogP contribution in [0, 0.1) is 11.3 Å². The normalized spacial score (nSPS) is 20.7. The molecule has 1 aliphatic rings. The zero-order valence-electron chi connectivity index (χ0n) is 15.1. The molecule has 1 atom stereocenters. The molecule has 0 amide bonds. The van der Waals surface area contributed by atoms with E-state index in [1.54, 1.807) is 12.1 Å². The van der Waals surface area contributed by atoms with Crippen molar-refractivity contribution in [3.8, 4) is 0 Å². The zero-order valence-corrected chi connectivity index (χ0v) is 15.1. The second-order valence-corrected chi connectivity index (χ2v) is 6.40. The van der Waals surface area contributed by atoms with Crippen LogP contribution in [0.5, 0.6) is 0 Å². The molecule has 5 heteroatoms. The number of hydrogen-bond acceptors (Lipinski definition) is 5. The Morgan fingerprint density at radius 3 is 2.12 bits per heavy atom. The minimum absolute atomic E-state index is 0.0597. The molecule has 1 fully saturated rings. The summed E-state index contributed by atoms with van der Waals surface area (Å²) in [6, 6.07) is 9.03. The molecule has 5 nitrogen and oxygen atoms in total. The van der Waals surface area contributed by atoms with Crippen molar-refractivity contribution in [3.05, 3.63) is 47.0 Å². The molecule has 134 valence electrons. The van der Waals surface area contributed by atoms with Crippen molar-refractivity contribution >= 4 is 17.7 Å². The summed E-state index contributed by atoms with van der Waals surface area (Å²) in [6.45, 7) is 3.84. The molecule has 0 heterocycles. The second kappa shape index (κ2) is 7.64. The van der Waals surface area contributed by atoms with E-state index in [4.69, 9.17) is 9.47 Å². The van der Waals surface area contributed by atoms with E-state index >= 15 is 0 Å². The Morgan fingerprint density at radius 1 is 1.08 bits per heavy atom. The van der Waals surface area contributed by atoms with E-state index in [9.17, 15) is 14.4 Å². The van der Waals surface area contributed by atoms with E-state index in [1.165, 1.54) is 14.2 Å². The quantitative estimate of drug-likeness (QED) is 0.355. The summed E-state index contributed by atoms with van der Waals surface area (Å²) in [4.78, 5) is 37.6. The molecule has 1 aromatic carbocycles. The van der Waals surface area contributed by atoms with Crippen LogP contribution in [0.3, 0.4) is 0 Å². The molecule has 1 aliphatic carbocycles. The summed E-state index contributed by atoms with van der Waals surface area (Å²) < 4.78 is 9.74. The number of ether oxygens (including phenoxy) is 2. The van der Waals surface area contributed by atoms with Gasteiger partial charge >= 0.3 is 11.9 Å². The van der Waals surface area contributed by atoms with Crippen molar-refractivity contribution in [3.63, 3.8) is 0 Å². The zero-order chi connectivity index (χ0) is 18.6. The van der Waals surface area contributed by atoms with Gasteiger partial charge in [0.15, 0.2) is 11.2 Å². The molecule has 1 unspecified atom stereocenters. The molecule has 1 saturated carbocycles. The number of rotatable bonds is 5. The lowest BCUT2D eigenvalue weighted by Crippen LogP contribution is -2.39. The third-order valence-corrected chi connectivity index (χ3v) is 4.95. The molecule has 0 radical (unpaired) electrons. The van der Waals surface area contributed by atoms with Crippen LogP contribution in [0.4, 0.5) is 0 Å². The van der Waals surface area contributed by atoms with Crippen LogP contribution in [-0.4, -0.2) is 31.9 Å². The molecule has 0 bridgehead atoms. The lowest BCUT2D eigenvalue weighted by atomic mass is 9.85. The van der Waals surface area contributed by atoms with Gasteiger partial charge in [0.2, 0.25) is 0 Å². The molecule has 0 N–H and O–H groups in total. The maximum absolute atomic E-state index is 12.9. The number of ketones is 1. The van der Waals surface area contributed by atoms with Crippen molar-refractivity contribution in [2.45, 2.75) is 33.1 Å². The maximum Gasteiger partial charge on any atom is 0.323 e. The fourth-order valence-corrected chi connectivity index (χ4v) is 3.70. The highest BCUT2D eigenvalue weighted by atomic mass is 16.5. The maximum atomic E-state index is 12.9. The summed E-state index contributed by atoms with van der Waals surface area (Å²) in [6.07, 6.45) is 0.980. The third-order valence-electron chi connectivity index (χ3n) is 4.95. The average molecular weight is 344 g/mol. The first-order valence-corrected chi connectivity index (χ1v) is 8.39. The first-order chi connectivity index (χ1) is 11.9. The largest absolute Gasteiger partial charge is 0.468 e. The summed E-state index contributed by atoms with van der Waals surface area (Å²) >= 11 is 0. The van der Waals surface area contributed by atoms with Gasteiger partial charge in [0.1, 0.15) is 0 Å². The monoisotopic (exact) mass is 344 g/mol. The molecule has 0 aliphatic heterocycles. The Kier molecular flexibility index (Phi) is 5.77. The minimum atomic E-state index is -1.37. The number of Topliss-reactive ketones (excluding diaryl/α,β-unsaturated/α-hetero) is 1. The van der Waals surface area contributed by atoms with Crippen LogP contribution in [0.25, 0.3) is 0 Å². The van der Waals surface area contributed by atoms with E-state index in [0.717, 1.165) is 5.57 Å². The van der Waals surface area contributed by atoms with Gasteiger partial charge in [0, 0.05) is 5.56 Å². The first-order valence-electron chi connectivity index (χ1n) is 8.39. The topological polar surface area (TPSA) is 69.7 Å². The van der Waals surface area contributed by atoms with Crippen LogP contribution in [0.15, 0.2) is 41.5 Å². The average Bonchev–Trinajstić information content (AvgIpc) is 3.00. The number of carbonyl (C=O) groups excluding carboxylic acids is 3. The van der Waals surface area contributed by atoms with Crippen LogP contribution < -0.4 is 0 Å². The summed E-state index contributed by atoms with van der Waals surface area (Å²) in [5.41, 5.74) is 0.739. The van der Waals surface area contributed by atoms with Gasteiger partial charge in [-0.1, -0.05) is 49.8 Å². The number of esters is 2. The highest BCUT2D eigenvalue weighted by Crippen LogP contribution is 2.48. The molecule has 0 aromatic heterocycles. The number of hydrogen-bond donors (Lipinski definition) is 0. The first kappa shape index (κ1) is 18.9. The molecule has 25 heavy (non-hydrogen) atoms. The van der Waals surface area contributed by atoms with Crippen molar-refractivity contribution in [2.75, 3.05) is 14.2 Å². The Labute approximate surface area is 148 Å². The van der Waals surface area contributed by atoms with Gasteiger partial charge in [0.25, 0.3) is 0 Å². The van der Waals surface area contributed by atoms with Gasteiger partial charge in [-0.05, 0) is 30.8 Å². The number of carbonyl (C=O) groups is 3. The summed E-state index contributed by atoms with van der Waals surface area (Å²) in [7, 11) is 2.52. The Morgan fingerprint density at radius 2 is 1.64 bits per heavy atom. The van der Waals surface area contributed by atoms with Gasteiger partial charge in [-0.3, -0.25) is 14.4 Å². The third kappa shape index (κ3) is 3.36. The van der Waals surface area contributed by atoms with E-state index in [2.05, 4.69) is 0 Å². The van der Waals surface area contributed by atoms with E-state index in [-0.39, 0.29) is 24.5 Å². The SMILES string of the molecule is CC/C(C(=O)c1ccccc1)=C1\CC(C(=O)OC)(C(=O)OC)CC1C. The highest BCUT2D eigenvalue weighted by molar-refractivity contribution is 6.09. The Balaban J connectivity index is 2.49. The molecule has 2 rings (SSSR count). The Hall–Kier alpha value is -2.43. The predicted molar refractivity (Wildman–Crippen MR) is 93.0 cm³/mol. The fourth-order valence-electron chi connectivity index (χ4n) is 3.70. The van der Waals surface area contributed by atoms with Gasteiger partial charge in [0.05, 0.1) is 14.2 Å². The summed E-state index contributed by atoms with van der Waals surface area (Å²) in [5, 5.41) is 0. The molecule has 0 spiro atoms. The standard InChI is InChI=1S/C20H24O5/c1-5-15(17(21)14-9-7-6-8-10-14)16-12-20(11-13(16)2,18(22)24-3)19(23)25-4/h6-10,13H,5,11-12H2,1-4H3/b16-15-. The number of allylic oxidation sites excluding steroid dienone is 2. The van der Waals surface area contributed by atoms with Gasteiger partial charge in [-0.15, -0.1) is 0 Å². The van der Waals surface area contributed by atoms with Gasteiger partial charge < -0.3 is 9.47 Å². The lowest BCUT2D eigenvalue weighted by Gasteiger charge is -2.22. The fraction of sp³-hybridized carbons (Fsp3) is 0.450. The van der Waals surface area contributed by atoms with Gasteiger partial charge in [-0.25, -0.2) is 0 Å². The highest BCUT2D eigenvalue weighted by Gasteiger charge is 2.55. The van der Waals surface area contributed by atoms with Crippen molar-refractivity contribution in [1.82, 2.24) is 0 Å². The Bertz CT molecular complexity index is 686. The van der Waals surface area contributed by atoms with Crippen LogP contribution in [-0.2, 0) is 19.1 Å². The molecule has 0 saturated heterocycles. The van der Waals surface area contributed by atoms with E-state index in [0.29, 0.717) is 17.6 Å². The summed E-state index contributed by atoms with van der Waals surface area (Å²) in [5.74, 6) is -1.36. The minimum Gasteiger partial charge on any atom is -0.468 e. The predicted octanol–water partition coefficient (Wildman–Crippen LogP) is 3.34. The smallest absolute Gasteiger partial charge is 0.323 e. The second-order valence-electron chi connectivity index (χ2n) is 6.40. The lowest BCUT2D eigenvalue weighted by molar-refractivity contribution is -0.168. The van der Waals surface area contributed by atoms with Crippen molar-refractivity contribution in [2.24, 2.45) is 11.3 Å². The van der Waals surface area contributed by atoms with Crippen LogP contribution >= 0.6 is 0 Å².